The molecule has 0 heterocycles. The topological polar surface area (TPSA) is 43.1 Å². The summed E-state index contributed by atoms with van der Waals surface area (Å²) in [6.07, 6.45) is 0. The van der Waals surface area contributed by atoms with Crippen LogP contribution in [0.15, 0.2) is 24.3 Å². The van der Waals surface area contributed by atoms with Crippen molar-refractivity contribution in [3.63, 3.8) is 0 Å². The molecule has 1 aromatic carbocycles. The molecule has 0 spiro atoms. The van der Waals surface area contributed by atoms with Gasteiger partial charge in [-0.3, -0.25) is 4.79 Å². The van der Waals surface area contributed by atoms with Gasteiger partial charge in [-0.2, -0.15) is 0 Å². The number of rotatable bonds is 1. The standard InChI is InChI=1S/C7H6FNO.H2/c8-6-3-1-2-5(4-6)7(9)10;/h1-4H,(H2,9,10);1H. The van der Waals surface area contributed by atoms with Gasteiger partial charge in [0.2, 0.25) is 5.91 Å². The molecule has 0 saturated heterocycles. The molecule has 0 aromatic heterocycles. The first-order chi connectivity index (χ1) is 4.70. The molecule has 54 valence electrons. The molecule has 1 aromatic rings. The van der Waals surface area contributed by atoms with Crippen LogP contribution in [-0.2, 0) is 0 Å². The molecule has 0 atom stereocenters. The molecule has 1 amide bonds. The molecule has 0 fully saturated rings. The quantitative estimate of drug-likeness (QED) is 0.626. The van der Waals surface area contributed by atoms with E-state index in [1.54, 1.807) is 0 Å². The van der Waals surface area contributed by atoms with Gasteiger partial charge in [0.15, 0.2) is 0 Å². The van der Waals surface area contributed by atoms with E-state index in [-0.39, 0.29) is 6.99 Å². The Labute approximate surface area is 58.9 Å². The lowest BCUT2D eigenvalue weighted by molar-refractivity contribution is 0.1000. The fourth-order valence-corrected chi connectivity index (χ4v) is 0.642. The summed E-state index contributed by atoms with van der Waals surface area (Å²) in [5.74, 6) is -1.06. The summed E-state index contributed by atoms with van der Waals surface area (Å²) in [5.41, 5.74) is 5.07. The third-order valence-corrected chi connectivity index (χ3v) is 1.11. The highest BCUT2D eigenvalue weighted by atomic mass is 19.1. The van der Waals surface area contributed by atoms with E-state index in [1.165, 1.54) is 18.2 Å². The van der Waals surface area contributed by atoms with E-state index < -0.39 is 11.7 Å². The van der Waals surface area contributed by atoms with E-state index >= 15 is 0 Å². The van der Waals surface area contributed by atoms with Crippen molar-refractivity contribution in [2.75, 3.05) is 0 Å². The van der Waals surface area contributed by atoms with Gasteiger partial charge in [-0.15, -0.1) is 0 Å². The number of primary amides is 1. The molecule has 0 aliphatic rings. The lowest BCUT2D eigenvalue weighted by atomic mass is 10.2. The first kappa shape index (κ1) is 6.74. The third kappa shape index (κ3) is 1.31. The molecule has 0 aliphatic carbocycles. The zero-order chi connectivity index (χ0) is 7.56. The van der Waals surface area contributed by atoms with E-state index in [1.807, 2.05) is 0 Å². The van der Waals surface area contributed by atoms with Crippen molar-refractivity contribution in [1.29, 1.82) is 0 Å². The van der Waals surface area contributed by atoms with E-state index in [0.29, 0.717) is 0 Å². The van der Waals surface area contributed by atoms with Crippen molar-refractivity contribution in [1.82, 2.24) is 0 Å². The molecule has 0 unspecified atom stereocenters. The molecule has 2 nitrogen and oxygen atoms in total. The zero-order valence-electron chi connectivity index (χ0n) is 5.17. The van der Waals surface area contributed by atoms with Crippen molar-refractivity contribution in [2.24, 2.45) is 5.73 Å². The number of carbonyl (C=O) groups excluding carboxylic acids is 1. The normalized spacial score (nSPS) is 9.30. The molecular formula is C7H8FNO. The highest BCUT2D eigenvalue weighted by Gasteiger charge is 1.98. The number of hydrogen-bond donors (Lipinski definition) is 1. The van der Waals surface area contributed by atoms with Crippen LogP contribution >= 0.6 is 0 Å². The highest BCUT2D eigenvalue weighted by molar-refractivity contribution is 5.92. The Morgan fingerprint density at radius 2 is 2.30 bits per heavy atom. The lowest BCUT2D eigenvalue weighted by Gasteiger charge is -1.92. The second kappa shape index (κ2) is 2.47. The predicted molar refractivity (Wildman–Crippen MR) is 37.0 cm³/mol. The second-order valence-corrected chi connectivity index (χ2v) is 1.87. The Morgan fingerprint density at radius 1 is 1.60 bits per heavy atom. The molecular weight excluding hydrogens is 133 g/mol. The van der Waals surface area contributed by atoms with Gasteiger partial charge in [0.05, 0.1) is 0 Å². The largest absolute Gasteiger partial charge is 0.366 e. The molecule has 10 heavy (non-hydrogen) atoms. The van der Waals surface area contributed by atoms with Crippen molar-refractivity contribution >= 4 is 5.91 Å². The van der Waals surface area contributed by atoms with Crippen LogP contribution in [-0.4, -0.2) is 5.91 Å². The Morgan fingerprint density at radius 3 is 2.70 bits per heavy atom. The molecule has 0 aliphatic heterocycles. The summed E-state index contributed by atoms with van der Waals surface area (Å²) in [6.45, 7) is 0. The lowest BCUT2D eigenvalue weighted by Crippen LogP contribution is -2.10. The van der Waals surface area contributed by atoms with Crippen molar-refractivity contribution < 1.29 is 10.6 Å². The number of nitrogens with two attached hydrogens (primary N) is 1. The summed E-state index contributed by atoms with van der Waals surface area (Å²) < 4.78 is 12.3. The summed E-state index contributed by atoms with van der Waals surface area (Å²) in [4.78, 5) is 10.4. The Kier molecular flexibility index (Phi) is 1.67. The fourth-order valence-electron chi connectivity index (χ4n) is 0.642. The third-order valence-electron chi connectivity index (χ3n) is 1.11. The monoisotopic (exact) mass is 141 g/mol. The first-order valence-electron chi connectivity index (χ1n) is 2.75. The van der Waals surface area contributed by atoms with Gasteiger partial charge in [0, 0.05) is 6.99 Å². The maximum atomic E-state index is 12.3. The second-order valence-electron chi connectivity index (χ2n) is 1.87. The molecule has 2 N–H and O–H groups in total. The SMILES string of the molecule is NC(=O)c1cccc(F)c1.[HH]. The first-order valence-corrected chi connectivity index (χ1v) is 2.75. The molecule has 0 bridgehead atoms. The summed E-state index contributed by atoms with van der Waals surface area (Å²) in [7, 11) is 0. The number of hydrogen-bond acceptors (Lipinski definition) is 1. The van der Waals surface area contributed by atoms with Crippen molar-refractivity contribution in [3.8, 4) is 0 Å². The minimum absolute atomic E-state index is 0. The van der Waals surface area contributed by atoms with Crippen molar-refractivity contribution in [3.05, 3.63) is 35.6 Å². The number of carbonyl (C=O) groups is 1. The van der Waals surface area contributed by atoms with Gasteiger partial charge in [-0.05, 0) is 18.2 Å². The van der Waals surface area contributed by atoms with Gasteiger partial charge in [0.25, 0.3) is 0 Å². The number of amides is 1. The Hall–Kier alpha value is -1.38. The van der Waals surface area contributed by atoms with Crippen LogP contribution in [0, 0.1) is 5.82 Å². The summed E-state index contributed by atoms with van der Waals surface area (Å²) in [6, 6.07) is 5.26. The van der Waals surface area contributed by atoms with Crippen LogP contribution < -0.4 is 5.73 Å². The predicted octanol–water partition coefficient (Wildman–Crippen LogP) is 1.17. The van der Waals surface area contributed by atoms with Crippen LogP contribution in [0.2, 0.25) is 0 Å². The van der Waals surface area contributed by atoms with Gasteiger partial charge in [0.1, 0.15) is 5.82 Å². The number of halogens is 1. The van der Waals surface area contributed by atoms with Crippen LogP contribution in [0.25, 0.3) is 0 Å². The highest BCUT2D eigenvalue weighted by Crippen LogP contribution is 2.01. The van der Waals surface area contributed by atoms with Crippen molar-refractivity contribution in [2.45, 2.75) is 0 Å². The van der Waals surface area contributed by atoms with Gasteiger partial charge in [-0.25, -0.2) is 4.39 Å². The number of benzene rings is 1. The average Bonchev–Trinajstić information content (AvgIpc) is 1.88. The van der Waals surface area contributed by atoms with Crippen LogP contribution in [0.3, 0.4) is 0 Å². The minimum atomic E-state index is -0.612. The van der Waals surface area contributed by atoms with Crippen LogP contribution in [0.1, 0.15) is 11.8 Å². The zero-order valence-corrected chi connectivity index (χ0v) is 5.17. The van der Waals surface area contributed by atoms with Gasteiger partial charge < -0.3 is 5.73 Å². The van der Waals surface area contributed by atoms with E-state index in [4.69, 9.17) is 5.73 Å². The fraction of sp³-hybridized carbons (Fsp3) is 0. The van der Waals surface area contributed by atoms with Gasteiger partial charge >= 0.3 is 0 Å². The van der Waals surface area contributed by atoms with E-state index in [2.05, 4.69) is 0 Å². The van der Waals surface area contributed by atoms with Crippen LogP contribution in [0.5, 0.6) is 0 Å². The maximum absolute atomic E-state index is 12.3. The van der Waals surface area contributed by atoms with Crippen LogP contribution in [0.4, 0.5) is 4.39 Å². The summed E-state index contributed by atoms with van der Waals surface area (Å²) >= 11 is 0. The van der Waals surface area contributed by atoms with Gasteiger partial charge in [-0.1, -0.05) is 6.07 Å². The smallest absolute Gasteiger partial charge is 0.248 e. The molecule has 1 rings (SSSR count). The maximum Gasteiger partial charge on any atom is 0.248 e. The molecule has 0 radical (unpaired) electrons. The minimum Gasteiger partial charge on any atom is -0.366 e. The van der Waals surface area contributed by atoms with E-state index in [9.17, 15) is 9.18 Å². The van der Waals surface area contributed by atoms with E-state index in [0.717, 1.165) is 6.07 Å². The Balaban J connectivity index is 0.000001000. The molecule has 3 heteroatoms. The summed E-state index contributed by atoms with van der Waals surface area (Å²) in [5, 5.41) is 0. The average molecular weight is 141 g/mol. The molecule has 0 saturated carbocycles. The Bertz CT molecular complexity index is 264.